The highest BCUT2D eigenvalue weighted by Crippen LogP contribution is 2.31. The van der Waals surface area contributed by atoms with Crippen LogP contribution in [0.1, 0.15) is 5.56 Å². The fourth-order valence-corrected chi connectivity index (χ4v) is 1.57. The highest BCUT2D eigenvalue weighted by Gasteiger charge is 2.03. The summed E-state index contributed by atoms with van der Waals surface area (Å²) in [5, 5.41) is 9.30. The van der Waals surface area contributed by atoms with Gasteiger partial charge < -0.3 is 5.11 Å². The first-order valence-electron chi connectivity index (χ1n) is 3.56. The standard InChI is InChI=1S/C9H5BrCl2O2/c10-9-6(11)3-5(4-7(9)12)1-2-8(13)14/h1-4H,(H,13,14)/b2-1+. The smallest absolute Gasteiger partial charge is 0.328 e. The third-order valence-electron chi connectivity index (χ3n) is 1.42. The van der Waals surface area contributed by atoms with Crippen molar-refractivity contribution in [3.8, 4) is 0 Å². The fraction of sp³-hybridized carbons (Fsp3) is 0. The lowest BCUT2D eigenvalue weighted by Gasteiger charge is -2.00. The van der Waals surface area contributed by atoms with Crippen LogP contribution < -0.4 is 0 Å². The zero-order chi connectivity index (χ0) is 10.7. The third-order valence-corrected chi connectivity index (χ3v) is 3.33. The molecule has 0 saturated heterocycles. The lowest BCUT2D eigenvalue weighted by Crippen LogP contribution is -1.86. The maximum Gasteiger partial charge on any atom is 0.328 e. The number of hydrogen-bond acceptors (Lipinski definition) is 1. The van der Waals surface area contributed by atoms with Gasteiger partial charge in [-0.2, -0.15) is 0 Å². The predicted octanol–water partition coefficient (Wildman–Crippen LogP) is 3.85. The molecule has 0 aliphatic rings. The van der Waals surface area contributed by atoms with Gasteiger partial charge in [0, 0.05) is 6.08 Å². The van der Waals surface area contributed by atoms with Crippen LogP contribution >= 0.6 is 39.1 Å². The maximum absolute atomic E-state index is 10.2. The summed E-state index contributed by atoms with van der Waals surface area (Å²) in [6, 6.07) is 3.24. The van der Waals surface area contributed by atoms with Crippen molar-refractivity contribution in [2.75, 3.05) is 0 Å². The molecular weight excluding hydrogens is 291 g/mol. The molecule has 1 N–H and O–H groups in total. The lowest BCUT2D eigenvalue weighted by molar-refractivity contribution is -0.131. The van der Waals surface area contributed by atoms with Gasteiger partial charge in [0.2, 0.25) is 0 Å². The van der Waals surface area contributed by atoms with E-state index in [1.54, 1.807) is 12.1 Å². The molecule has 0 heterocycles. The number of halogens is 3. The third kappa shape index (κ3) is 3.01. The van der Waals surface area contributed by atoms with Crippen LogP contribution in [0.4, 0.5) is 0 Å². The number of carboxylic acid groups (broad SMARTS) is 1. The van der Waals surface area contributed by atoms with E-state index >= 15 is 0 Å². The van der Waals surface area contributed by atoms with Crippen LogP contribution in [0.25, 0.3) is 6.08 Å². The molecule has 0 aliphatic carbocycles. The Bertz CT molecular complexity index is 379. The van der Waals surface area contributed by atoms with Crippen LogP contribution in [0.15, 0.2) is 22.7 Å². The lowest BCUT2D eigenvalue weighted by atomic mass is 10.2. The molecule has 14 heavy (non-hydrogen) atoms. The summed E-state index contributed by atoms with van der Waals surface area (Å²) in [6.07, 6.45) is 2.45. The zero-order valence-corrected chi connectivity index (χ0v) is 9.90. The quantitative estimate of drug-likeness (QED) is 0.664. The molecule has 5 heteroatoms. The van der Waals surface area contributed by atoms with Crippen molar-refractivity contribution in [3.05, 3.63) is 38.3 Å². The molecular formula is C9H5BrCl2O2. The van der Waals surface area contributed by atoms with Gasteiger partial charge in [0.1, 0.15) is 0 Å². The summed E-state index contributed by atoms with van der Waals surface area (Å²) in [6.45, 7) is 0. The van der Waals surface area contributed by atoms with Crippen LogP contribution in [0.3, 0.4) is 0 Å². The normalized spacial score (nSPS) is 10.8. The molecule has 1 aromatic rings. The summed E-state index contributed by atoms with van der Waals surface area (Å²) in [7, 11) is 0. The average Bonchev–Trinajstić information content (AvgIpc) is 2.10. The highest BCUT2D eigenvalue weighted by atomic mass is 79.9. The van der Waals surface area contributed by atoms with Crippen molar-refractivity contribution in [2.24, 2.45) is 0 Å². The van der Waals surface area contributed by atoms with Crippen molar-refractivity contribution >= 4 is 51.2 Å². The second-order valence-corrected chi connectivity index (χ2v) is 4.08. The Morgan fingerprint density at radius 1 is 1.36 bits per heavy atom. The topological polar surface area (TPSA) is 37.3 Å². The molecule has 0 fully saturated rings. The number of rotatable bonds is 2. The van der Waals surface area contributed by atoms with Gasteiger partial charge in [-0.25, -0.2) is 4.79 Å². The van der Waals surface area contributed by atoms with Crippen molar-refractivity contribution in [1.82, 2.24) is 0 Å². The minimum atomic E-state index is -1.01. The monoisotopic (exact) mass is 294 g/mol. The summed E-state index contributed by atoms with van der Waals surface area (Å²) in [5.41, 5.74) is 0.644. The van der Waals surface area contributed by atoms with Crippen molar-refractivity contribution < 1.29 is 9.90 Å². The van der Waals surface area contributed by atoms with Crippen LogP contribution in [0, 0.1) is 0 Å². The average molecular weight is 296 g/mol. The first kappa shape index (κ1) is 11.6. The Kier molecular flexibility index (Phi) is 3.98. The summed E-state index contributed by atoms with van der Waals surface area (Å²) in [4.78, 5) is 10.2. The molecule has 0 amide bonds. The predicted molar refractivity (Wildman–Crippen MR) is 60.8 cm³/mol. The number of carbonyl (C=O) groups is 1. The Morgan fingerprint density at radius 3 is 2.29 bits per heavy atom. The van der Waals surface area contributed by atoms with E-state index in [1.807, 2.05) is 0 Å². The first-order chi connectivity index (χ1) is 6.50. The zero-order valence-electron chi connectivity index (χ0n) is 6.80. The first-order valence-corrected chi connectivity index (χ1v) is 5.11. The number of aliphatic carboxylic acids is 1. The van der Waals surface area contributed by atoms with Crippen molar-refractivity contribution in [2.45, 2.75) is 0 Å². The van der Waals surface area contributed by atoms with Gasteiger partial charge in [-0.3, -0.25) is 0 Å². The van der Waals surface area contributed by atoms with E-state index in [4.69, 9.17) is 28.3 Å². The molecule has 1 aromatic carbocycles. The van der Waals surface area contributed by atoms with Gasteiger partial charge in [0.05, 0.1) is 14.5 Å². The molecule has 74 valence electrons. The molecule has 0 saturated carbocycles. The maximum atomic E-state index is 10.2. The Morgan fingerprint density at radius 2 is 1.86 bits per heavy atom. The van der Waals surface area contributed by atoms with E-state index in [1.165, 1.54) is 6.08 Å². The Balaban J connectivity index is 3.07. The van der Waals surface area contributed by atoms with E-state index in [0.717, 1.165) is 6.08 Å². The molecule has 0 unspecified atom stereocenters. The van der Waals surface area contributed by atoms with Gasteiger partial charge in [0.25, 0.3) is 0 Å². The van der Waals surface area contributed by atoms with Gasteiger partial charge >= 0.3 is 5.97 Å². The number of carboxylic acids is 1. The molecule has 0 aromatic heterocycles. The van der Waals surface area contributed by atoms with Gasteiger partial charge in [0.15, 0.2) is 0 Å². The highest BCUT2D eigenvalue weighted by molar-refractivity contribution is 9.10. The van der Waals surface area contributed by atoms with Crippen LogP contribution in [0.2, 0.25) is 10.0 Å². The number of benzene rings is 1. The van der Waals surface area contributed by atoms with Crippen LogP contribution in [0.5, 0.6) is 0 Å². The van der Waals surface area contributed by atoms with E-state index in [2.05, 4.69) is 15.9 Å². The summed E-state index contributed by atoms with van der Waals surface area (Å²) < 4.78 is 0.605. The molecule has 0 spiro atoms. The van der Waals surface area contributed by atoms with Crippen LogP contribution in [-0.2, 0) is 4.79 Å². The number of hydrogen-bond donors (Lipinski definition) is 1. The van der Waals surface area contributed by atoms with Gasteiger partial charge in [-0.1, -0.05) is 23.2 Å². The molecule has 0 aliphatic heterocycles. The molecule has 0 bridgehead atoms. The Labute approximate surface area is 99.3 Å². The van der Waals surface area contributed by atoms with Gasteiger partial charge in [-0.15, -0.1) is 0 Å². The largest absolute Gasteiger partial charge is 0.478 e. The summed E-state index contributed by atoms with van der Waals surface area (Å²) >= 11 is 14.8. The Hall–Kier alpha value is -0.510. The van der Waals surface area contributed by atoms with E-state index in [-0.39, 0.29) is 0 Å². The van der Waals surface area contributed by atoms with Crippen molar-refractivity contribution in [1.29, 1.82) is 0 Å². The molecule has 2 nitrogen and oxygen atoms in total. The minimum absolute atomic E-state index is 0.447. The SMILES string of the molecule is O=C(O)/C=C/c1cc(Cl)c(Br)c(Cl)c1. The minimum Gasteiger partial charge on any atom is -0.478 e. The summed E-state index contributed by atoms with van der Waals surface area (Å²) in [5.74, 6) is -1.01. The second kappa shape index (κ2) is 4.82. The van der Waals surface area contributed by atoms with Crippen molar-refractivity contribution in [3.63, 3.8) is 0 Å². The fourth-order valence-electron chi connectivity index (χ4n) is 0.839. The molecule has 1 rings (SSSR count). The van der Waals surface area contributed by atoms with Crippen LogP contribution in [-0.4, -0.2) is 11.1 Å². The molecule has 0 atom stereocenters. The molecule has 0 radical (unpaired) electrons. The van der Waals surface area contributed by atoms with E-state index < -0.39 is 5.97 Å². The van der Waals surface area contributed by atoms with E-state index in [0.29, 0.717) is 20.1 Å². The second-order valence-electron chi connectivity index (χ2n) is 2.47. The van der Waals surface area contributed by atoms with Gasteiger partial charge in [-0.05, 0) is 39.7 Å². The van der Waals surface area contributed by atoms with E-state index in [9.17, 15) is 4.79 Å².